The van der Waals surface area contributed by atoms with Crippen molar-refractivity contribution in [1.29, 1.82) is 0 Å². The van der Waals surface area contributed by atoms with Crippen LogP contribution in [0.1, 0.15) is 98.6 Å². The van der Waals surface area contributed by atoms with Gasteiger partial charge in [0.1, 0.15) is 11.5 Å². The van der Waals surface area contributed by atoms with Gasteiger partial charge in [0.2, 0.25) is 0 Å². The van der Waals surface area contributed by atoms with Gasteiger partial charge < -0.3 is 15.3 Å². The second-order valence-electron chi connectivity index (χ2n) is 10.7. The van der Waals surface area contributed by atoms with Crippen LogP contribution in [0.3, 0.4) is 0 Å². The van der Waals surface area contributed by atoms with Crippen molar-refractivity contribution in [3.63, 3.8) is 0 Å². The number of phenols is 2. The fraction of sp³-hybridized carbons (Fsp3) is 0.571. The molecule has 168 valence electrons. The summed E-state index contributed by atoms with van der Waals surface area (Å²) in [5, 5.41) is 32.1. The third kappa shape index (κ3) is 4.22. The lowest BCUT2D eigenvalue weighted by Gasteiger charge is -2.28. The fourth-order valence-electron chi connectivity index (χ4n) is 6.13. The lowest BCUT2D eigenvalue weighted by molar-refractivity contribution is 0.299. The number of aliphatic hydroxyl groups is 1. The van der Waals surface area contributed by atoms with E-state index in [9.17, 15) is 15.3 Å². The molecule has 3 N–H and O–H groups in total. The molecule has 2 fully saturated rings. The summed E-state index contributed by atoms with van der Waals surface area (Å²) >= 11 is 0. The molecule has 3 heteroatoms. The molecule has 2 aliphatic rings. The first-order valence-corrected chi connectivity index (χ1v) is 12.0. The highest BCUT2D eigenvalue weighted by molar-refractivity contribution is 5.54. The van der Waals surface area contributed by atoms with Gasteiger partial charge >= 0.3 is 0 Å². The minimum atomic E-state index is -0.0125. The van der Waals surface area contributed by atoms with Crippen molar-refractivity contribution in [3.8, 4) is 11.5 Å². The summed E-state index contributed by atoms with van der Waals surface area (Å²) < 4.78 is 0. The lowest BCUT2D eigenvalue weighted by Crippen LogP contribution is -2.19. The van der Waals surface area contributed by atoms with Gasteiger partial charge in [-0.3, -0.25) is 0 Å². The number of aromatic hydroxyl groups is 2. The van der Waals surface area contributed by atoms with E-state index in [4.69, 9.17) is 0 Å². The second-order valence-corrected chi connectivity index (χ2v) is 10.7. The average Bonchev–Trinajstić information content (AvgIpc) is 3.37. The Morgan fingerprint density at radius 1 is 0.742 bits per heavy atom. The zero-order valence-corrected chi connectivity index (χ0v) is 19.4. The Balaban J connectivity index is 1.77. The topological polar surface area (TPSA) is 60.7 Å². The molecular weight excluding hydrogens is 384 g/mol. The van der Waals surface area contributed by atoms with Gasteiger partial charge in [0, 0.05) is 24.2 Å². The van der Waals surface area contributed by atoms with E-state index in [0.29, 0.717) is 24.3 Å². The molecule has 3 nitrogen and oxygen atoms in total. The Bertz CT molecular complexity index is 947. The molecule has 0 heterocycles. The largest absolute Gasteiger partial charge is 0.507 e. The third-order valence-corrected chi connectivity index (χ3v) is 8.08. The summed E-state index contributed by atoms with van der Waals surface area (Å²) in [5.41, 5.74) is 6.07. The first-order valence-electron chi connectivity index (χ1n) is 12.0. The number of hydrogen-bond donors (Lipinski definition) is 3. The second kappa shape index (κ2) is 8.50. The zero-order valence-electron chi connectivity index (χ0n) is 19.4. The van der Waals surface area contributed by atoms with E-state index in [1.54, 1.807) is 0 Å². The van der Waals surface area contributed by atoms with Crippen molar-refractivity contribution in [2.75, 3.05) is 6.61 Å². The quantitative estimate of drug-likeness (QED) is 0.520. The van der Waals surface area contributed by atoms with Crippen molar-refractivity contribution >= 4 is 0 Å². The van der Waals surface area contributed by atoms with Crippen LogP contribution in [0, 0.1) is 6.92 Å². The molecule has 0 atom stereocenters. The van der Waals surface area contributed by atoms with E-state index >= 15 is 0 Å². The maximum Gasteiger partial charge on any atom is 0.122 e. The van der Waals surface area contributed by atoms with Gasteiger partial charge in [0.25, 0.3) is 0 Å². The number of benzene rings is 2. The predicted molar refractivity (Wildman–Crippen MR) is 126 cm³/mol. The van der Waals surface area contributed by atoms with Crippen LogP contribution in [0.2, 0.25) is 0 Å². The number of aryl methyl sites for hydroxylation is 1. The first kappa shape index (κ1) is 22.2. The highest BCUT2D eigenvalue weighted by Gasteiger charge is 2.35. The standard InChI is InChI=1S/C28H38O3/c1-19-14-21(25(30)23(15-19)27(2)9-4-5-10-27)18-22-16-20(8-13-29)17-24(26(22)31)28(3)11-6-7-12-28/h14-17,29-31H,4-13,18H2,1-3H3. The van der Waals surface area contributed by atoms with Crippen LogP contribution in [-0.4, -0.2) is 21.9 Å². The lowest BCUT2D eigenvalue weighted by atomic mass is 9.77. The third-order valence-electron chi connectivity index (χ3n) is 8.08. The molecule has 0 spiro atoms. The van der Waals surface area contributed by atoms with Crippen molar-refractivity contribution in [2.24, 2.45) is 0 Å². The van der Waals surface area contributed by atoms with Crippen LogP contribution >= 0.6 is 0 Å². The van der Waals surface area contributed by atoms with E-state index in [2.05, 4.69) is 39.0 Å². The van der Waals surface area contributed by atoms with Crippen LogP contribution < -0.4 is 0 Å². The van der Waals surface area contributed by atoms with Gasteiger partial charge in [-0.2, -0.15) is 0 Å². The maximum absolute atomic E-state index is 11.3. The van der Waals surface area contributed by atoms with Gasteiger partial charge in [0.05, 0.1) is 0 Å². The Labute approximate surface area is 187 Å². The van der Waals surface area contributed by atoms with Gasteiger partial charge in [-0.05, 0) is 66.5 Å². The average molecular weight is 423 g/mol. The Morgan fingerprint density at radius 2 is 1.23 bits per heavy atom. The minimum Gasteiger partial charge on any atom is -0.507 e. The van der Waals surface area contributed by atoms with Crippen molar-refractivity contribution in [1.82, 2.24) is 0 Å². The maximum atomic E-state index is 11.3. The van der Waals surface area contributed by atoms with Gasteiger partial charge in [-0.25, -0.2) is 0 Å². The van der Waals surface area contributed by atoms with Crippen molar-refractivity contribution in [2.45, 2.75) is 95.8 Å². The number of rotatable bonds is 6. The number of aliphatic hydroxyl groups excluding tert-OH is 1. The van der Waals surface area contributed by atoms with E-state index in [-0.39, 0.29) is 17.4 Å². The number of hydrogen-bond acceptors (Lipinski definition) is 3. The summed E-state index contributed by atoms with van der Waals surface area (Å²) in [6.07, 6.45) is 10.3. The molecule has 0 amide bonds. The molecule has 0 radical (unpaired) electrons. The van der Waals surface area contributed by atoms with Crippen LogP contribution in [-0.2, 0) is 23.7 Å². The molecule has 0 aliphatic heterocycles. The summed E-state index contributed by atoms with van der Waals surface area (Å²) in [6, 6.07) is 8.33. The molecular formula is C28H38O3. The van der Waals surface area contributed by atoms with Gasteiger partial charge in [-0.15, -0.1) is 0 Å². The van der Waals surface area contributed by atoms with E-state index in [0.717, 1.165) is 59.1 Å². The SMILES string of the molecule is Cc1cc(Cc2cc(CCO)cc(C3(C)CCCC3)c2O)c(O)c(C2(C)CCCC2)c1. The predicted octanol–water partition coefficient (Wildman–Crippen LogP) is 6.20. The molecule has 0 aromatic heterocycles. The van der Waals surface area contributed by atoms with Crippen molar-refractivity contribution in [3.05, 3.63) is 57.6 Å². The summed E-state index contributed by atoms with van der Waals surface area (Å²) in [4.78, 5) is 0. The van der Waals surface area contributed by atoms with Crippen LogP contribution in [0.5, 0.6) is 11.5 Å². The minimum absolute atomic E-state index is 0.0125. The Hall–Kier alpha value is -2.00. The summed E-state index contributed by atoms with van der Waals surface area (Å²) in [6.45, 7) is 6.72. The molecule has 0 unspecified atom stereocenters. The van der Waals surface area contributed by atoms with Gasteiger partial charge in [0.15, 0.2) is 0 Å². The molecule has 2 aliphatic carbocycles. The normalized spacial score (nSPS) is 19.7. The highest BCUT2D eigenvalue weighted by atomic mass is 16.3. The first-order chi connectivity index (χ1) is 14.8. The van der Waals surface area contributed by atoms with Crippen molar-refractivity contribution < 1.29 is 15.3 Å². The molecule has 2 saturated carbocycles. The fourth-order valence-corrected chi connectivity index (χ4v) is 6.13. The molecule has 2 aromatic carbocycles. The monoisotopic (exact) mass is 422 g/mol. The van der Waals surface area contributed by atoms with E-state index in [1.165, 1.54) is 25.7 Å². The molecule has 0 saturated heterocycles. The van der Waals surface area contributed by atoms with Crippen LogP contribution in [0.4, 0.5) is 0 Å². The summed E-state index contributed by atoms with van der Waals surface area (Å²) in [7, 11) is 0. The smallest absolute Gasteiger partial charge is 0.122 e. The molecule has 31 heavy (non-hydrogen) atoms. The Morgan fingerprint density at radius 3 is 1.74 bits per heavy atom. The van der Waals surface area contributed by atoms with Gasteiger partial charge in [-0.1, -0.05) is 69.4 Å². The molecule has 2 aromatic rings. The molecule has 4 rings (SSSR count). The van der Waals surface area contributed by atoms with E-state index < -0.39 is 0 Å². The number of phenolic OH excluding ortho intramolecular Hbond substituents is 2. The highest BCUT2D eigenvalue weighted by Crippen LogP contribution is 2.48. The Kier molecular flexibility index (Phi) is 6.09. The summed E-state index contributed by atoms with van der Waals surface area (Å²) in [5.74, 6) is 0.774. The van der Waals surface area contributed by atoms with Crippen LogP contribution in [0.15, 0.2) is 24.3 Å². The van der Waals surface area contributed by atoms with E-state index in [1.807, 2.05) is 6.07 Å². The van der Waals surface area contributed by atoms with Crippen LogP contribution in [0.25, 0.3) is 0 Å². The zero-order chi connectivity index (χ0) is 22.2. The molecule has 0 bridgehead atoms.